The number of hydrogen-bond donors (Lipinski definition) is 1. The summed E-state index contributed by atoms with van der Waals surface area (Å²) in [6, 6.07) is 19.8. The summed E-state index contributed by atoms with van der Waals surface area (Å²) in [6.07, 6.45) is 2.38. The van der Waals surface area contributed by atoms with Crippen LogP contribution in [0.4, 0.5) is 17.5 Å². The van der Waals surface area contributed by atoms with Gasteiger partial charge in [0.05, 0.1) is 5.69 Å². The van der Waals surface area contributed by atoms with Crippen LogP contribution in [-0.2, 0) is 0 Å². The Labute approximate surface area is 152 Å². The highest BCUT2D eigenvalue weighted by atomic mass is 35.5. The van der Waals surface area contributed by atoms with Crippen molar-refractivity contribution in [2.24, 2.45) is 0 Å². The van der Waals surface area contributed by atoms with Gasteiger partial charge in [0.1, 0.15) is 5.82 Å². The van der Waals surface area contributed by atoms with Gasteiger partial charge in [-0.1, -0.05) is 48.0 Å². The van der Waals surface area contributed by atoms with Crippen LogP contribution in [0.3, 0.4) is 0 Å². The molecule has 0 atom stereocenters. The fourth-order valence-electron chi connectivity index (χ4n) is 3.03. The van der Waals surface area contributed by atoms with Gasteiger partial charge in [-0.25, -0.2) is 4.98 Å². The van der Waals surface area contributed by atoms with Crippen LogP contribution in [0.1, 0.15) is 12.8 Å². The molecule has 25 heavy (non-hydrogen) atoms. The second-order valence-corrected chi connectivity index (χ2v) is 6.57. The number of nitrogens with zero attached hydrogens (tertiary/aromatic N) is 3. The minimum atomic E-state index is 0.696. The number of hydrogen-bond acceptors (Lipinski definition) is 4. The summed E-state index contributed by atoms with van der Waals surface area (Å²) < 4.78 is 0. The zero-order chi connectivity index (χ0) is 17.1. The lowest BCUT2D eigenvalue weighted by Gasteiger charge is -2.18. The van der Waals surface area contributed by atoms with Crippen LogP contribution in [0, 0.1) is 0 Å². The summed E-state index contributed by atoms with van der Waals surface area (Å²) >= 11 is 6.09. The van der Waals surface area contributed by atoms with E-state index in [1.54, 1.807) is 0 Å². The topological polar surface area (TPSA) is 41.1 Å². The minimum absolute atomic E-state index is 0.696. The Morgan fingerprint density at radius 3 is 2.44 bits per heavy atom. The zero-order valence-electron chi connectivity index (χ0n) is 13.8. The van der Waals surface area contributed by atoms with Crippen LogP contribution in [0.5, 0.6) is 0 Å². The maximum atomic E-state index is 6.09. The fraction of sp³-hybridized carbons (Fsp3) is 0.200. The summed E-state index contributed by atoms with van der Waals surface area (Å²) in [7, 11) is 0. The first-order valence-electron chi connectivity index (χ1n) is 8.50. The van der Waals surface area contributed by atoms with Gasteiger partial charge in [0, 0.05) is 35.4 Å². The van der Waals surface area contributed by atoms with E-state index in [0.29, 0.717) is 5.02 Å². The molecule has 1 aliphatic heterocycles. The summed E-state index contributed by atoms with van der Waals surface area (Å²) in [6.45, 7) is 2.02. The summed E-state index contributed by atoms with van der Waals surface area (Å²) in [5.41, 5.74) is 2.92. The molecule has 4 nitrogen and oxygen atoms in total. The highest BCUT2D eigenvalue weighted by molar-refractivity contribution is 6.30. The first-order valence-corrected chi connectivity index (χ1v) is 8.88. The highest BCUT2D eigenvalue weighted by Crippen LogP contribution is 2.27. The average molecular weight is 351 g/mol. The number of nitrogens with one attached hydrogen (secondary N) is 1. The molecule has 0 radical (unpaired) electrons. The molecular weight excluding hydrogens is 332 g/mol. The second kappa shape index (κ2) is 7.11. The van der Waals surface area contributed by atoms with Crippen molar-refractivity contribution in [1.29, 1.82) is 0 Å². The van der Waals surface area contributed by atoms with E-state index < -0.39 is 0 Å². The maximum Gasteiger partial charge on any atom is 0.227 e. The molecule has 126 valence electrons. The first kappa shape index (κ1) is 15.9. The van der Waals surface area contributed by atoms with Gasteiger partial charge in [0.15, 0.2) is 0 Å². The van der Waals surface area contributed by atoms with E-state index in [9.17, 15) is 0 Å². The zero-order valence-corrected chi connectivity index (χ0v) is 14.6. The van der Waals surface area contributed by atoms with Crippen LogP contribution in [0.2, 0.25) is 5.02 Å². The van der Waals surface area contributed by atoms with Crippen molar-refractivity contribution in [1.82, 2.24) is 9.97 Å². The van der Waals surface area contributed by atoms with E-state index in [1.165, 1.54) is 12.8 Å². The standard InChI is InChI=1S/C20H19ClN4/c21-16-9-6-10-17(13-16)22-19-14-18(15-7-2-1-3-8-15)23-20(24-19)25-11-4-5-12-25/h1-3,6-10,13-14H,4-5,11-12H2,(H,22,23,24). The van der Waals surface area contributed by atoms with E-state index >= 15 is 0 Å². The molecular formula is C20H19ClN4. The molecule has 0 bridgehead atoms. The lowest BCUT2D eigenvalue weighted by molar-refractivity contribution is 0.902. The Bertz CT molecular complexity index is 861. The Balaban J connectivity index is 1.73. The van der Waals surface area contributed by atoms with E-state index in [4.69, 9.17) is 21.6 Å². The lowest BCUT2D eigenvalue weighted by Crippen LogP contribution is -2.21. The van der Waals surface area contributed by atoms with Gasteiger partial charge >= 0.3 is 0 Å². The molecule has 1 aromatic heterocycles. The fourth-order valence-corrected chi connectivity index (χ4v) is 3.22. The maximum absolute atomic E-state index is 6.09. The van der Waals surface area contributed by atoms with Gasteiger partial charge in [0.2, 0.25) is 5.95 Å². The Morgan fingerprint density at radius 1 is 0.880 bits per heavy atom. The van der Waals surface area contributed by atoms with Crippen molar-refractivity contribution < 1.29 is 0 Å². The number of benzene rings is 2. The van der Waals surface area contributed by atoms with Crippen LogP contribution in [-0.4, -0.2) is 23.1 Å². The molecule has 1 aliphatic rings. The third-order valence-corrected chi connectivity index (χ3v) is 4.50. The van der Waals surface area contributed by atoms with Crippen LogP contribution in [0.25, 0.3) is 11.3 Å². The third-order valence-electron chi connectivity index (χ3n) is 4.27. The van der Waals surface area contributed by atoms with E-state index in [2.05, 4.69) is 22.3 Å². The van der Waals surface area contributed by atoms with E-state index in [0.717, 1.165) is 41.8 Å². The minimum Gasteiger partial charge on any atom is -0.341 e. The SMILES string of the molecule is Clc1cccc(Nc2cc(-c3ccccc3)nc(N3CCCC3)n2)c1. The monoisotopic (exact) mass is 350 g/mol. The number of rotatable bonds is 4. The summed E-state index contributed by atoms with van der Waals surface area (Å²) in [5, 5.41) is 4.05. The summed E-state index contributed by atoms with van der Waals surface area (Å²) in [5.74, 6) is 1.56. The van der Waals surface area contributed by atoms with Crippen molar-refractivity contribution in [3.05, 3.63) is 65.7 Å². The predicted molar refractivity (Wildman–Crippen MR) is 104 cm³/mol. The van der Waals surface area contributed by atoms with Gasteiger partial charge in [0.25, 0.3) is 0 Å². The molecule has 4 rings (SSSR count). The number of aromatic nitrogens is 2. The van der Waals surface area contributed by atoms with E-state index in [-0.39, 0.29) is 0 Å². The largest absolute Gasteiger partial charge is 0.341 e. The van der Waals surface area contributed by atoms with E-state index in [1.807, 2.05) is 48.5 Å². The van der Waals surface area contributed by atoms with Gasteiger partial charge < -0.3 is 10.2 Å². The van der Waals surface area contributed by atoms with Gasteiger partial charge in [-0.2, -0.15) is 4.98 Å². The van der Waals surface area contributed by atoms with Crippen molar-refractivity contribution in [2.75, 3.05) is 23.3 Å². The van der Waals surface area contributed by atoms with Crippen molar-refractivity contribution in [3.8, 4) is 11.3 Å². The van der Waals surface area contributed by atoms with Gasteiger partial charge in [-0.3, -0.25) is 0 Å². The van der Waals surface area contributed by atoms with Gasteiger partial charge in [-0.15, -0.1) is 0 Å². The molecule has 0 saturated carbocycles. The van der Waals surface area contributed by atoms with Crippen LogP contribution in [0.15, 0.2) is 60.7 Å². The molecule has 2 aromatic carbocycles. The summed E-state index contributed by atoms with van der Waals surface area (Å²) in [4.78, 5) is 11.8. The molecule has 0 aliphatic carbocycles. The number of anilines is 3. The quantitative estimate of drug-likeness (QED) is 0.707. The Morgan fingerprint density at radius 2 is 1.68 bits per heavy atom. The molecule has 0 spiro atoms. The van der Waals surface area contributed by atoms with Crippen molar-refractivity contribution >= 4 is 29.1 Å². The Hall–Kier alpha value is -2.59. The highest BCUT2D eigenvalue weighted by Gasteiger charge is 2.17. The molecule has 0 unspecified atom stereocenters. The Kier molecular flexibility index (Phi) is 4.53. The van der Waals surface area contributed by atoms with Crippen molar-refractivity contribution in [3.63, 3.8) is 0 Å². The number of halogens is 1. The third kappa shape index (κ3) is 3.74. The first-order chi connectivity index (χ1) is 12.3. The lowest BCUT2D eigenvalue weighted by atomic mass is 10.1. The molecule has 5 heteroatoms. The average Bonchev–Trinajstić information content (AvgIpc) is 3.17. The smallest absolute Gasteiger partial charge is 0.227 e. The van der Waals surface area contributed by atoms with Crippen molar-refractivity contribution in [2.45, 2.75) is 12.8 Å². The normalized spacial score (nSPS) is 13.9. The predicted octanol–water partition coefficient (Wildman–Crippen LogP) is 5.14. The molecule has 1 N–H and O–H groups in total. The van der Waals surface area contributed by atoms with Crippen LogP contribution < -0.4 is 10.2 Å². The van der Waals surface area contributed by atoms with Crippen LogP contribution >= 0.6 is 11.6 Å². The molecule has 1 fully saturated rings. The molecule has 1 saturated heterocycles. The molecule has 0 amide bonds. The molecule has 3 aromatic rings. The molecule has 2 heterocycles. The second-order valence-electron chi connectivity index (χ2n) is 6.13. The van der Waals surface area contributed by atoms with Gasteiger partial charge in [-0.05, 0) is 31.0 Å².